The molecule has 0 aromatic heterocycles. The summed E-state index contributed by atoms with van der Waals surface area (Å²) in [5, 5.41) is 0. The smallest absolute Gasteiger partial charge is 0.485 e. The topological polar surface area (TPSA) is 52.6 Å². The Morgan fingerprint density at radius 1 is 0.718 bits per heavy atom. The van der Waals surface area contributed by atoms with Crippen molar-refractivity contribution in [1.29, 1.82) is 0 Å². The summed E-state index contributed by atoms with van der Waals surface area (Å²) < 4.78 is 59.6. The molecule has 2 aromatic rings. The van der Waals surface area contributed by atoms with Gasteiger partial charge in [0.25, 0.3) is 0 Å². The third kappa shape index (κ3) is 16.7. The molecule has 4 nitrogen and oxygen atoms in total. The fourth-order valence-corrected chi connectivity index (χ4v) is 2.26. The molecule has 0 spiro atoms. The van der Waals surface area contributed by atoms with Gasteiger partial charge in [-0.3, -0.25) is 12.2 Å². The van der Waals surface area contributed by atoms with E-state index in [-0.39, 0.29) is 33.2 Å². The zero-order chi connectivity index (χ0) is 28.2. The van der Waals surface area contributed by atoms with Gasteiger partial charge in [-0.1, -0.05) is 12.2 Å². The van der Waals surface area contributed by atoms with Gasteiger partial charge in [-0.25, -0.2) is 51.5 Å². The van der Waals surface area contributed by atoms with E-state index in [9.17, 15) is 27.2 Å². The van der Waals surface area contributed by atoms with Crippen LogP contribution in [0.5, 0.6) is 11.5 Å². The van der Waals surface area contributed by atoms with Gasteiger partial charge in [0.2, 0.25) is 0 Å². The van der Waals surface area contributed by atoms with Crippen LogP contribution >= 0.6 is 0 Å². The Morgan fingerprint density at radius 2 is 1.10 bits per heavy atom. The Balaban J connectivity index is 0.000000537. The number of esters is 2. The number of hydrogen-bond donors (Lipinski definition) is 0. The second kappa shape index (κ2) is 21.2. The number of halogens is 4. The van der Waals surface area contributed by atoms with E-state index in [1.165, 1.54) is 12.2 Å². The van der Waals surface area contributed by atoms with Crippen molar-refractivity contribution in [2.75, 3.05) is 0 Å². The summed E-state index contributed by atoms with van der Waals surface area (Å²) in [5.74, 6) is -5.84. The van der Waals surface area contributed by atoms with Crippen molar-refractivity contribution in [1.82, 2.24) is 0 Å². The summed E-state index contributed by atoms with van der Waals surface area (Å²) in [6.45, 7) is 3.24. The van der Waals surface area contributed by atoms with Crippen molar-refractivity contribution in [2.24, 2.45) is 0 Å². The quantitative estimate of drug-likeness (QED) is 0.0980. The van der Waals surface area contributed by atoms with Gasteiger partial charge in [0.15, 0.2) is 0 Å². The molecular weight excluding hydrogens is 548 g/mol. The molecule has 0 unspecified atom stereocenters. The van der Waals surface area contributed by atoms with Gasteiger partial charge in [0.1, 0.15) is 0 Å². The molecule has 0 aliphatic heterocycles. The van der Waals surface area contributed by atoms with Crippen molar-refractivity contribution in [2.45, 2.75) is 26.7 Å². The van der Waals surface area contributed by atoms with E-state index in [1.807, 2.05) is 24.3 Å². The number of allylic oxidation sites excluding steroid dienone is 10. The van der Waals surface area contributed by atoms with Gasteiger partial charge in [-0.15, -0.1) is 49.2 Å². The van der Waals surface area contributed by atoms with E-state index < -0.39 is 35.2 Å². The number of ether oxygens (including phenoxy) is 2. The molecule has 2 aliphatic rings. The third-order valence-electron chi connectivity index (χ3n) is 3.85. The molecule has 0 amide bonds. The van der Waals surface area contributed by atoms with Crippen LogP contribution < -0.4 is 9.47 Å². The van der Waals surface area contributed by atoms with Crippen LogP contribution in [-0.2, 0) is 31.3 Å². The van der Waals surface area contributed by atoms with Crippen molar-refractivity contribution < 1.29 is 58.3 Å². The summed E-state index contributed by atoms with van der Waals surface area (Å²) in [4.78, 5) is 21.7. The molecule has 0 heterocycles. The van der Waals surface area contributed by atoms with Crippen LogP contribution in [0.3, 0.4) is 0 Å². The summed E-state index contributed by atoms with van der Waals surface area (Å²) in [5.41, 5.74) is 0. The van der Waals surface area contributed by atoms with Gasteiger partial charge in [0.05, 0.1) is 23.1 Å². The van der Waals surface area contributed by atoms with Gasteiger partial charge >= 0.3 is 33.7 Å². The predicted molar refractivity (Wildman–Crippen MR) is 134 cm³/mol. The summed E-state index contributed by atoms with van der Waals surface area (Å²) in [6, 6.07) is 7.48. The standard InChI is InChI=1S/2C10H7F2O2.2C5H5.Ti/c2*1-2-3-10(13)14-9-5-4-7(11)6-8(9)12;2*1-2-4-5-3-1;/h2*2-5H,1H3;2*1-3H,4H2;/q4*-1;+4/b2*3-2+;;;. The fraction of sp³-hybridized carbons (Fsp3) is 0.133. The monoisotopic (exact) mass is 572 g/mol. The zero-order valence-corrected chi connectivity index (χ0v) is 22.7. The van der Waals surface area contributed by atoms with Crippen molar-refractivity contribution in [3.63, 3.8) is 0 Å². The maximum Gasteiger partial charge on any atom is 4.00 e. The minimum atomic E-state index is -1.03. The first-order chi connectivity index (χ1) is 18.3. The van der Waals surface area contributed by atoms with Gasteiger partial charge < -0.3 is 9.47 Å². The minimum Gasteiger partial charge on any atom is -0.485 e. The molecular formula is C30H24F4O4Ti. The predicted octanol–water partition coefficient (Wildman–Crippen LogP) is 7.10. The Kier molecular flexibility index (Phi) is 19.2. The van der Waals surface area contributed by atoms with Crippen LogP contribution in [0.1, 0.15) is 26.7 Å². The van der Waals surface area contributed by atoms with Crippen LogP contribution in [0, 0.1) is 47.6 Å². The van der Waals surface area contributed by atoms with Crippen molar-refractivity contribution >= 4 is 11.9 Å². The van der Waals surface area contributed by atoms with Crippen molar-refractivity contribution in [3.05, 3.63) is 133 Å². The van der Waals surface area contributed by atoms with Gasteiger partial charge in [-0.05, 0) is 13.8 Å². The molecule has 2 aromatic carbocycles. The second-order valence-corrected chi connectivity index (χ2v) is 6.82. The molecule has 2 aliphatic carbocycles. The second-order valence-electron chi connectivity index (χ2n) is 6.82. The number of rotatable bonds is 4. The SMILES string of the molecule is C/C=C/C(=O)Oc1ccc(F)[c-]c1F.C/C=C/C(=O)Oc1ccc(F)[c-]c1F.[C-]1=CC=CC1.[C-]1=CC=CC1.[Ti+4]. The Morgan fingerprint density at radius 3 is 1.33 bits per heavy atom. The molecule has 0 radical (unpaired) electrons. The number of benzene rings is 2. The maximum atomic E-state index is 12.9. The van der Waals surface area contributed by atoms with E-state index >= 15 is 0 Å². The Labute approximate surface area is 240 Å². The average Bonchev–Trinajstić information content (AvgIpc) is 3.63. The third-order valence-corrected chi connectivity index (χ3v) is 3.85. The first kappa shape index (κ1) is 35.3. The van der Waals surface area contributed by atoms with Gasteiger partial charge in [-0.2, -0.15) is 12.2 Å². The van der Waals surface area contributed by atoms with Crippen molar-refractivity contribution in [3.8, 4) is 11.5 Å². The molecule has 9 heteroatoms. The molecule has 200 valence electrons. The van der Waals surface area contributed by atoms with Crippen LogP contribution in [0.4, 0.5) is 17.6 Å². The summed E-state index contributed by atoms with van der Waals surface area (Å²) in [7, 11) is 0. The minimum absolute atomic E-state index is 0. The van der Waals surface area contributed by atoms with E-state index in [1.54, 1.807) is 26.0 Å². The zero-order valence-electron chi connectivity index (χ0n) is 21.1. The van der Waals surface area contributed by atoms with Gasteiger partial charge in [0, 0.05) is 23.8 Å². The number of hydrogen-bond acceptors (Lipinski definition) is 4. The Hall–Kier alpha value is -3.75. The fourth-order valence-electron chi connectivity index (χ4n) is 2.26. The first-order valence-electron chi connectivity index (χ1n) is 11.1. The van der Waals surface area contributed by atoms with E-state index in [4.69, 9.17) is 0 Å². The Bertz CT molecular complexity index is 1120. The van der Waals surface area contributed by atoms with E-state index in [0.717, 1.165) is 49.3 Å². The van der Waals surface area contributed by atoms with Crippen LogP contribution in [0.15, 0.2) is 85.0 Å². The van der Waals surface area contributed by atoms with Crippen LogP contribution in [-0.4, -0.2) is 11.9 Å². The number of carbonyl (C=O) groups is 2. The normalized spacial score (nSPS) is 12.1. The molecule has 39 heavy (non-hydrogen) atoms. The maximum absolute atomic E-state index is 12.9. The molecule has 0 atom stereocenters. The van der Waals surface area contributed by atoms with E-state index in [0.29, 0.717) is 0 Å². The molecule has 0 saturated carbocycles. The first-order valence-corrected chi connectivity index (χ1v) is 11.1. The largest absolute Gasteiger partial charge is 4.00 e. The molecule has 0 N–H and O–H groups in total. The molecule has 4 rings (SSSR count). The summed E-state index contributed by atoms with van der Waals surface area (Å²) in [6.07, 6.45) is 25.2. The van der Waals surface area contributed by atoms with Crippen LogP contribution in [0.2, 0.25) is 0 Å². The van der Waals surface area contributed by atoms with Crippen LogP contribution in [0.25, 0.3) is 0 Å². The molecule has 0 saturated heterocycles. The summed E-state index contributed by atoms with van der Waals surface area (Å²) >= 11 is 0. The number of carbonyl (C=O) groups excluding carboxylic acids is 2. The van der Waals surface area contributed by atoms with E-state index in [2.05, 4.69) is 33.8 Å². The molecule has 0 fully saturated rings. The average molecular weight is 572 g/mol. The molecule has 0 bridgehead atoms.